The zero-order valence-corrected chi connectivity index (χ0v) is 15.9. The van der Waals surface area contributed by atoms with Crippen molar-refractivity contribution in [2.45, 2.75) is 17.4 Å². The second kappa shape index (κ2) is 7.81. The Bertz CT molecular complexity index is 838. The average Bonchev–Trinajstić information content (AvgIpc) is 2.95. The number of sulfone groups is 1. The van der Waals surface area contributed by atoms with Gasteiger partial charge in [0, 0.05) is 15.6 Å². The fourth-order valence-corrected chi connectivity index (χ4v) is 5.46. The lowest BCUT2D eigenvalue weighted by atomic mass is 10.2. The molecule has 0 spiro atoms. The van der Waals surface area contributed by atoms with Crippen LogP contribution in [-0.2, 0) is 14.6 Å². The molecule has 1 atom stereocenters. The predicted octanol–water partition coefficient (Wildman–Crippen LogP) is 3.65. The minimum atomic E-state index is -3.07. The van der Waals surface area contributed by atoms with Gasteiger partial charge in [-0.2, -0.15) is 0 Å². The SMILES string of the molecule is O=C(CSc1ccc(Cl)cc1)N(c1ccccc1)[C@H]1CCS(=O)(=O)C1. The molecular formula is C18H18ClNO3S2. The van der Waals surface area contributed by atoms with Crippen molar-refractivity contribution in [2.24, 2.45) is 0 Å². The molecule has 132 valence electrons. The molecule has 0 aliphatic carbocycles. The number of nitrogens with zero attached hydrogens (tertiary/aromatic N) is 1. The zero-order chi connectivity index (χ0) is 17.9. The third-order valence-electron chi connectivity index (χ3n) is 4.05. The molecule has 2 aromatic carbocycles. The Hall–Kier alpha value is -1.50. The lowest BCUT2D eigenvalue weighted by Gasteiger charge is -2.28. The van der Waals surface area contributed by atoms with Gasteiger partial charge in [0.15, 0.2) is 9.84 Å². The van der Waals surface area contributed by atoms with Gasteiger partial charge in [0.05, 0.1) is 23.3 Å². The maximum atomic E-state index is 12.9. The fourth-order valence-electron chi connectivity index (χ4n) is 2.87. The number of para-hydroxylation sites is 1. The Morgan fingerprint density at radius 1 is 1.12 bits per heavy atom. The first-order valence-corrected chi connectivity index (χ1v) is 11.1. The van der Waals surface area contributed by atoms with Gasteiger partial charge in [-0.25, -0.2) is 8.42 Å². The van der Waals surface area contributed by atoms with Gasteiger partial charge in [0.25, 0.3) is 0 Å². The van der Waals surface area contributed by atoms with Crippen LogP contribution in [0.1, 0.15) is 6.42 Å². The van der Waals surface area contributed by atoms with Gasteiger partial charge in [-0.15, -0.1) is 11.8 Å². The topological polar surface area (TPSA) is 54.5 Å². The van der Waals surface area contributed by atoms with Crippen LogP contribution in [0.2, 0.25) is 5.02 Å². The number of anilines is 1. The Kier molecular flexibility index (Phi) is 5.71. The molecule has 25 heavy (non-hydrogen) atoms. The number of rotatable bonds is 5. The molecule has 1 fully saturated rings. The number of halogens is 1. The molecule has 1 aliphatic heterocycles. The van der Waals surface area contributed by atoms with E-state index in [1.165, 1.54) is 11.8 Å². The molecule has 2 aromatic rings. The van der Waals surface area contributed by atoms with E-state index in [1.807, 2.05) is 42.5 Å². The summed E-state index contributed by atoms with van der Waals surface area (Å²) in [5.41, 5.74) is 0.742. The van der Waals surface area contributed by atoms with Crippen molar-refractivity contribution in [3.05, 3.63) is 59.6 Å². The highest BCUT2D eigenvalue weighted by molar-refractivity contribution is 8.00. The number of thioether (sulfide) groups is 1. The maximum Gasteiger partial charge on any atom is 0.237 e. The van der Waals surface area contributed by atoms with Gasteiger partial charge in [0.2, 0.25) is 5.91 Å². The van der Waals surface area contributed by atoms with Crippen LogP contribution >= 0.6 is 23.4 Å². The van der Waals surface area contributed by atoms with Crippen LogP contribution in [0.25, 0.3) is 0 Å². The van der Waals surface area contributed by atoms with Crippen LogP contribution in [0.15, 0.2) is 59.5 Å². The van der Waals surface area contributed by atoms with E-state index < -0.39 is 9.84 Å². The van der Waals surface area contributed by atoms with Crippen molar-refractivity contribution >= 4 is 44.8 Å². The molecule has 0 bridgehead atoms. The van der Waals surface area contributed by atoms with Crippen molar-refractivity contribution in [3.63, 3.8) is 0 Å². The van der Waals surface area contributed by atoms with E-state index in [4.69, 9.17) is 11.6 Å². The Morgan fingerprint density at radius 3 is 2.40 bits per heavy atom. The number of hydrogen-bond acceptors (Lipinski definition) is 4. The quantitative estimate of drug-likeness (QED) is 0.725. The predicted molar refractivity (Wildman–Crippen MR) is 103 cm³/mol. The van der Waals surface area contributed by atoms with E-state index >= 15 is 0 Å². The standard InChI is InChI=1S/C18H18ClNO3S2/c19-14-6-8-17(9-7-14)24-12-18(21)20(15-4-2-1-3-5-15)16-10-11-25(22,23)13-16/h1-9,16H,10-13H2/t16-/m0/s1. The molecule has 0 N–H and O–H groups in total. The molecule has 7 heteroatoms. The van der Waals surface area contributed by atoms with E-state index in [1.54, 1.807) is 17.0 Å². The zero-order valence-electron chi connectivity index (χ0n) is 13.5. The average molecular weight is 396 g/mol. The highest BCUT2D eigenvalue weighted by Crippen LogP contribution is 2.27. The van der Waals surface area contributed by atoms with Crippen LogP contribution in [0.5, 0.6) is 0 Å². The largest absolute Gasteiger partial charge is 0.308 e. The molecule has 1 amide bonds. The summed E-state index contributed by atoms with van der Waals surface area (Å²) < 4.78 is 23.7. The van der Waals surface area contributed by atoms with Crippen molar-refractivity contribution in [3.8, 4) is 0 Å². The minimum absolute atomic E-state index is 0.0270. The highest BCUT2D eigenvalue weighted by atomic mass is 35.5. The monoisotopic (exact) mass is 395 g/mol. The number of carbonyl (C=O) groups is 1. The normalized spacial score (nSPS) is 18.8. The summed E-state index contributed by atoms with van der Waals surface area (Å²) >= 11 is 7.30. The summed E-state index contributed by atoms with van der Waals surface area (Å²) in [5, 5.41) is 0.651. The smallest absolute Gasteiger partial charge is 0.237 e. The molecule has 1 saturated heterocycles. The third-order valence-corrected chi connectivity index (χ3v) is 7.05. The molecular weight excluding hydrogens is 378 g/mol. The fraction of sp³-hybridized carbons (Fsp3) is 0.278. The van der Waals surface area contributed by atoms with Crippen molar-refractivity contribution in [1.82, 2.24) is 0 Å². The lowest BCUT2D eigenvalue weighted by Crippen LogP contribution is -2.42. The molecule has 0 aromatic heterocycles. The molecule has 3 rings (SSSR count). The van der Waals surface area contributed by atoms with Gasteiger partial charge in [-0.1, -0.05) is 29.8 Å². The van der Waals surface area contributed by atoms with Crippen LogP contribution in [0.4, 0.5) is 5.69 Å². The number of benzene rings is 2. The van der Waals surface area contributed by atoms with E-state index in [-0.39, 0.29) is 29.2 Å². The molecule has 0 unspecified atom stereocenters. The van der Waals surface area contributed by atoms with E-state index in [9.17, 15) is 13.2 Å². The summed E-state index contributed by atoms with van der Waals surface area (Å²) in [5.74, 6) is 0.318. The van der Waals surface area contributed by atoms with Crippen molar-refractivity contribution < 1.29 is 13.2 Å². The summed E-state index contributed by atoms with van der Waals surface area (Å²) in [6.45, 7) is 0. The van der Waals surface area contributed by atoms with Gasteiger partial charge in [-0.3, -0.25) is 4.79 Å². The third kappa shape index (κ3) is 4.77. The Morgan fingerprint density at radius 2 is 1.80 bits per heavy atom. The molecule has 4 nitrogen and oxygen atoms in total. The molecule has 0 saturated carbocycles. The second-order valence-corrected chi connectivity index (χ2v) is 9.61. The summed E-state index contributed by atoms with van der Waals surface area (Å²) in [6, 6.07) is 16.3. The second-order valence-electron chi connectivity index (χ2n) is 5.90. The maximum absolute atomic E-state index is 12.9. The summed E-state index contributed by atoms with van der Waals surface area (Å²) in [6.07, 6.45) is 0.481. The first kappa shape index (κ1) is 18.3. The van der Waals surface area contributed by atoms with E-state index in [0.29, 0.717) is 11.4 Å². The van der Waals surface area contributed by atoms with Gasteiger partial charge >= 0.3 is 0 Å². The van der Waals surface area contributed by atoms with Gasteiger partial charge in [0.1, 0.15) is 0 Å². The first-order valence-electron chi connectivity index (χ1n) is 7.90. The molecule has 0 radical (unpaired) electrons. The minimum Gasteiger partial charge on any atom is -0.308 e. The number of carbonyl (C=O) groups excluding carboxylic acids is 1. The van der Waals surface area contributed by atoms with Crippen LogP contribution in [-0.4, -0.2) is 37.6 Å². The summed E-state index contributed by atoms with van der Waals surface area (Å²) in [4.78, 5) is 15.5. The Labute approximate surface area is 157 Å². The molecule has 1 aliphatic rings. The summed E-state index contributed by atoms with van der Waals surface area (Å²) in [7, 11) is -3.07. The number of amides is 1. The number of hydrogen-bond donors (Lipinski definition) is 0. The molecule has 1 heterocycles. The van der Waals surface area contributed by atoms with Gasteiger partial charge < -0.3 is 4.90 Å². The van der Waals surface area contributed by atoms with Gasteiger partial charge in [-0.05, 0) is 42.8 Å². The highest BCUT2D eigenvalue weighted by Gasteiger charge is 2.35. The van der Waals surface area contributed by atoms with Crippen LogP contribution in [0.3, 0.4) is 0 Å². The van der Waals surface area contributed by atoms with E-state index in [2.05, 4.69) is 0 Å². The lowest BCUT2D eigenvalue weighted by molar-refractivity contribution is -0.116. The van der Waals surface area contributed by atoms with Crippen molar-refractivity contribution in [1.29, 1.82) is 0 Å². The first-order chi connectivity index (χ1) is 11.9. The van der Waals surface area contributed by atoms with E-state index in [0.717, 1.165) is 10.6 Å². The van der Waals surface area contributed by atoms with Crippen molar-refractivity contribution in [2.75, 3.05) is 22.2 Å². The van der Waals surface area contributed by atoms with Crippen LogP contribution < -0.4 is 4.90 Å². The Balaban J connectivity index is 1.76. The van der Waals surface area contributed by atoms with Crippen LogP contribution in [0, 0.1) is 0 Å².